The Bertz CT molecular complexity index is 505. The summed E-state index contributed by atoms with van der Waals surface area (Å²) in [6, 6.07) is 6.90. The number of ether oxygens (including phenoxy) is 1. The van der Waals surface area contributed by atoms with Gasteiger partial charge < -0.3 is 4.74 Å². The largest absolute Gasteiger partial charge is 0.462 e. The average molecular weight is 273 g/mol. The lowest BCUT2D eigenvalue weighted by molar-refractivity contribution is -0.122. The molecule has 4 heteroatoms. The highest BCUT2D eigenvalue weighted by molar-refractivity contribution is 5.96. The van der Waals surface area contributed by atoms with Crippen LogP contribution in [-0.2, 0) is 9.53 Å². The molecule has 0 radical (unpaired) electrons. The third-order valence-corrected chi connectivity index (χ3v) is 3.38. The quantitative estimate of drug-likeness (QED) is 0.624. The molecule has 0 amide bonds. The molecule has 1 atom stereocenters. The number of carbonyl (C=O) groups is 2. The van der Waals surface area contributed by atoms with E-state index in [1.54, 1.807) is 37.4 Å². The molecule has 0 aromatic heterocycles. The Morgan fingerprint density at radius 1 is 1.35 bits per heavy atom. The molecule has 0 heterocycles. The topological polar surface area (TPSA) is 55.7 Å². The highest BCUT2D eigenvalue weighted by atomic mass is 16.5. The van der Waals surface area contributed by atoms with Gasteiger partial charge in [0.1, 0.15) is 5.78 Å². The minimum Gasteiger partial charge on any atom is -0.462 e. The van der Waals surface area contributed by atoms with E-state index in [-0.39, 0.29) is 17.7 Å². The third kappa shape index (κ3) is 3.76. The number of aliphatic imine (C=N–C) groups is 1. The number of hydrogen-bond donors (Lipinski definition) is 0. The van der Waals surface area contributed by atoms with Crippen LogP contribution in [0.4, 0.5) is 5.69 Å². The summed E-state index contributed by atoms with van der Waals surface area (Å²) in [7, 11) is 0. The Balaban J connectivity index is 1.99. The Morgan fingerprint density at radius 2 is 2.10 bits per heavy atom. The van der Waals surface area contributed by atoms with Crippen molar-refractivity contribution in [2.75, 3.05) is 6.61 Å². The number of benzene rings is 1. The maximum Gasteiger partial charge on any atom is 0.338 e. The number of nitrogens with zero attached hydrogens (tertiary/aromatic N) is 1. The van der Waals surface area contributed by atoms with Gasteiger partial charge in [0, 0.05) is 12.6 Å². The zero-order chi connectivity index (χ0) is 14.4. The number of Topliss-reactive ketones (excluding diaryl/α,β-unsaturated/α-hetero) is 1. The summed E-state index contributed by atoms with van der Waals surface area (Å²) >= 11 is 0. The second-order valence-electron chi connectivity index (χ2n) is 4.86. The van der Waals surface area contributed by atoms with Crippen molar-refractivity contribution in [2.24, 2.45) is 10.9 Å². The molecule has 1 aromatic rings. The minimum absolute atomic E-state index is 0.0477. The van der Waals surface area contributed by atoms with E-state index >= 15 is 0 Å². The maximum absolute atomic E-state index is 11.7. The molecule has 0 N–H and O–H groups in total. The van der Waals surface area contributed by atoms with Gasteiger partial charge in [-0.3, -0.25) is 9.79 Å². The van der Waals surface area contributed by atoms with Crippen molar-refractivity contribution in [1.29, 1.82) is 0 Å². The van der Waals surface area contributed by atoms with Gasteiger partial charge in [-0.2, -0.15) is 0 Å². The molecule has 1 fully saturated rings. The molecule has 0 bridgehead atoms. The van der Waals surface area contributed by atoms with E-state index in [1.807, 2.05) is 0 Å². The molecule has 106 valence electrons. The first-order chi connectivity index (χ1) is 9.70. The second kappa shape index (κ2) is 6.98. The van der Waals surface area contributed by atoms with Crippen molar-refractivity contribution in [2.45, 2.75) is 32.6 Å². The molecule has 1 unspecified atom stereocenters. The smallest absolute Gasteiger partial charge is 0.338 e. The van der Waals surface area contributed by atoms with Crippen molar-refractivity contribution in [1.82, 2.24) is 0 Å². The van der Waals surface area contributed by atoms with Crippen LogP contribution in [0, 0.1) is 5.92 Å². The predicted octanol–water partition coefficient (Wildman–Crippen LogP) is 3.32. The summed E-state index contributed by atoms with van der Waals surface area (Å²) in [5, 5.41) is 0. The molecule has 1 aliphatic carbocycles. The monoisotopic (exact) mass is 273 g/mol. The number of carbonyl (C=O) groups excluding carboxylic acids is 2. The molecule has 2 rings (SSSR count). The van der Waals surface area contributed by atoms with Crippen molar-refractivity contribution in [3.8, 4) is 0 Å². The minimum atomic E-state index is -0.328. The van der Waals surface area contributed by atoms with Crippen LogP contribution in [0.1, 0.15) is 43.0 Å². The maximum atomic E-state index is 11.7. The van der Waals surface area contributed by atoms with Gasteiger partial charge in [0.05, 0.1) is 23.8 Å². The van der Waals surface area contributed by atoms with E-state index in [1.165, 1.54) is 0 Å². The van der Waals surface area contributed by atoms with E-state index in [9.17, 15) is 9.59 Å². The Hall–Kier alpha value is -1.97. The Labute approximate surface area is 118 Å². The van der Waals surface area contributed by atoms with Gasteiger partial charge >= 0.3 is 5.97 Å². The molecule has 1 aromatic carbocycles. The second-order valence-corrected chi connectivity index (χ2v) is 4.86. The van der Waals surface area contributed by atoms with Crippen molar-refractivity contribution in [3.05, 3.63) is 29.8 Å². The average Bonchev–Trinajstić information content (AvgIpc) is 2.47. The number of hydrogen-bond acceptors (Lipinski definition) is 4. The van der Waals surface area contributed by atoms with Crippen LogP contribution in [0.3, 0.4) is 0 Å². The number of esters is 1. The first-order valence-electron chi connectivity index (χ1n) is 7.05. The summed E-state index contributed by atoms with van der Waals surface area (Å²) in [6.45, 7) is 2.14. The molecule has 0 saturated heterocycles. The molecule has 4 nitrogen and oxygen atoms in total. The van der Waals surface area contributed by atoms with Gasteiger partial charge in [0.25, 0.3) is 0 Å². The zero-order valence-corrected chi connectivity index (χ0v) is 11.7. The summed E-state index contributed by atoms with van der Waals surface area (Å²) in [5.74, 6) is -0.0953. The van der Waals surface area contributed by atoms with Gasteiger partial charge in [-0.25, -0.2) is 4.79 Å². The van der Waals surface area contributed by atoms with Crippen LogP contribution in [0.5, 0.6) is 0 Å². The lowest BCUT2D eigenvalue weighted by Crippen LogP contribution is -2.19. The molecular formula is C16H19NO3. The van der Waals surface area contributed by atoms with Crippen LogP contribution in [0.25, 0.3) is 0 Å². The van der Waals surface area contributed by atoms with Crippen LogP contribution in [0.15, 0.2) is 29.3 Å². The molecule has 20 heavy (non-hydrogen) atoms. The fraction of sp³-hybridized carbons (Fsp3) is 0.438. The molecule has 1 saturated carbocycles. The Kier molecular flexibility index (Phi) is 5.04. The lowest BCUT2D eigenvalue weighted by atomic mass is 9.89. The van der Waals surface area contributed by atoms with Crippen LogP contribution >= 0.6 is 0 Å². The fourth-order valence-electron chi connectivity index (χ4n) is 2.24. The van der Waals surface area contributed by atoms with Gasteiger partial charge in [0.2, 0.25) is 0 Å². The highest BCUT2D eigenvalue weighted by Gasteiger charge is 2.19. The first kappa shape index (κ1) is 14.4. The lowest BCUT2D eigenvalue weighted by Gasteiger charge is -2.15. The summed E-state index contributed by atoms with van der Waals surface area (Å²) in [5.41, 5.74) is 1.26. The zero-order valence-electron chi connectivity index (χ0n) is 11.7. The van der Waals surface area contributed by atoms with Gasteiger partial charge in [-0.05, 0) is 44.0 Å². The normalized spacial score (nSPS) is 19.2. The van der Waals surface area contributed by atoms with Gasteiger partial charge in [0.15, 0.2) is 0 Å². The third-order valence-electron chi connectivity index (χ3n) is 3.38. The Morgan fingerprint density at radius 3 is 2.75 bits per heavy atom. The van der Waals surface area contributed by atoms with Crippen LogP contribution in [-0.4, -0.2) is 24.6 Å². The van der Waals surface area contributed by atoms with E-state index in [0.717, 1.165) is 24.9 Å². The van der Waals surface area contributed by atoms with Crippen molar-refractivity contribution < 1.29 is 14.3 Å². The first-order valence-corrected chi connectivity index (χ1v) is 7.05. The van der Waals surface area contributed by atoms with E-state index in [0.29, 0.717) is 18.6 Å². The van der Waals surface area contributed by atoms with Gasteiger partial charge in [-0.1, -0.05) is 6.42 Å². The standard InChI is InChI=1S/C16H19NO3/c1-2-20-16(19)12-7-9-14(10-8-12)17-11-13-5-3-4-6-15(13)18/h7-11,13H,2-6H2,1H3. The molecular weight excluding hydrogens is 254 g/mol. The highest BCUT2D eigenvalue weighted by Crippen LogP contribution is 2.20. The summed E-state index contributed by atoms with van der Waals surface area (Å²) in [6.07, 6.45) is 5.38. The van der Waals surface area contributed by atoms with E-state index in [4.69, 9.17) is 4.74 Å². The number of ketones is 1. The van der Waals surface area contributed by atoms with Crippen molar-refractivity contribution in [3.63, 3.8) is 0 Å². The molecule has 0 aliphatic heterocycles. The van der Waals surface area contributed by atoms with Gasteiger partial charge in [-0.15, -0.1) is 0 Å². The summed E-state index contributed by atoms with van der Waals surface area (Å²) in [4.78, 5) is 27.5. The van der Waals surface area contributed by atoms with Crippen molar-refractivity contribution >= 4 is 23.7 Å². The van der Waals surface area contributed by atoms with E-state index < -0.39 is 0 Å². The fourth-order valence-corrected chi connectivity index (χ4v) is 2.24. The van der Waals surface area contributed by atoms with Crippen LogP contribution in [0.2, 0.25) is 0 Å². The van der Waals surface area contributed by atoms with E-state index in [2.05, 4.69) is 4.99 Å². The SMILES string of the molecule is CCOC(=O)c1ccc(N=CC2CCCCC2=O)cc1. The molecule has 0 spiro atoms. The van der Waals surface area contributed by atoms with Crippen LogP contribution < -0.4 is 0 Å². The summed E-state index contributed by atoms with van der Waals surface area (Å²) < 4.78 is 4.91. The predicted molar refractivity (Wildman–Crippen MR) is 77.5 cm³/mol. The number of rotatable bonds is 4. The molecule has 1 aliphatic rings.